The summed E-state index contributed by atoms with van der Waals surface area (Å²) in [6, 6.07) is 7.88. The summed E-state index contributed by atoms with van der Waals surface area (Å²) in [5, 5.41) is 10.4. The molecule has 1 unspecified atom stereocenters. The fourth-order valence-corrected chi connectivity index (χ4v) is 3.37. The van der Waals surface area contributed by atoms with Crippen LogP contribution in [0.15, 0.2) is 29.2 Å². The molecule has 1 aromatic carbocycles. The lowest BCUT2D eigenvalue weighted by Gasteiger charge is -2.28. The second-order valence-corrected chi connectivity index (χ2v) is 7.08. The normalized spacial score (nSPS) is 19.8. The Bertz CT molecular complexity index is 438. The molecule has 0 aliphatic heterocycles. The van der Waals surface area contributed by atoms with Gasteiger partial charge in [-0.15, -0.1) is 0 Å². The Morgan fingerprint density at radius 1 is 1.26 bits per heavy atom. The molecule has 1 saturated carbocycles. The minimum atomic E-state index is -0.914. The third-order valence-electron chi connectivity index (χ3n) is 3.81. The van der Waals surface area contributed by atoms with Crippen LogP contribution in [-0.2, 0) is 17.3 Å². The van der Waals surface area contributed by atoms with Gasteiger partial charge in [0.2, 0.25) is 0 Å². The Morgan fingerprint density at radius 3 is 2.37 bits per heavy atom. The highest BCUT2D eigenvalue weighted by Gasteiger charge is 2.31. The van der Waals surface area contributed by atoms with Crippen molar-refractivity contribution in [1.82, 2.24) is 4.90 Å². The second-order valence-electron chi connectivity index (χ2n) is 5.70. The van der Waals surface area contributed by atoms with Gasteiger partial charge in [0.15, 0.2) is 0 Å². The number of rotatable bonds is 5. The van der Waals surface area contributed by atoms with Crippen molar-refractivity contribution in [3.05, 3.63) is 29.8 Å². The molecule has 0 spiro atoms. The monoisotopic (exact) mass is 281 g/mol. The highest BCUT2D eigenvalue weighted by atomic mass is 32.2. The van der Waals surface area contributed by atoms with Gasteiger partial charge in [0, 0.05) is 35.0 Å². The van der Waals surface area contributed by atoms with Gasteiger partial charge in [0.25, 0.3) is 0 Å². The van der Waals surface area contributed by atoms with Crippen LogP contribution in [0, 0.1) is 0 Å². The summed E-state index contributed by atoms with van der Waals surface area (Å²) in [6.07, 6.45) is 5.82. The fraction of sp³-hybridized carbons (Fsp3) is 0.600. The van der Waals surface area contributed by atoms with Gasteiger partial charge in [-0.2, -0.15) is 0 Å². The average Bonchev–Trinajstić information content (AvgIpc) is 2.76. The topological polar surface area (TPSA) is 40.5 Å². The van der Waals surface area contributed by atoms with Crippen LogP contribution in [0.25, 0.3) is 0 Å². The first-order valence-electron chi connectivity index (χ1n) is 6.82. The van der Waals surface area contributed by atoms with Crippen LogP contribution in [0.4, 0.5) is 0 Å². The van der Waals surface area contributed by atoms with E-state index < -0.39 is 16.4 Å². The molecule has 4 heteroatoms. The van der Waals surface area contributed by atoms with Crippen molar-refractivity contribution >= 4 is 10.8 Å². The molecule has 0 saturated heterocycles. The van der Waals surface area contributed by atoms with Crippen LogP contribution in [0.5, 0.6) is 0 Å². The smallest absolute Gasteiger partial charge is 0.0774 e. The Balaban J connectivity index is 1.91. The van der Waals surface area contributed by atoms with Gasteiger partial charge in [-0.1, -0.05) is 25.0 Å². The molecule has 1 atom stereocenters. The van der Waals surface area contributed by atoms with Gasteiger partial charge >= 0.3 is 0 Å². The van der Waals surface area contributed by atoms with Gasteiger partial charge in [-0.05, 0) is 37.6 Å². The van der Waals surface area contributed by atoms with Gasteiger partial charge in [-0.25, -0.2) is 0 Å². The van der Waals surface area contributed by atoms with E-state index in [4.69, 9.17) is 0 Å². The quantitative estimate of drug-likeness (QED) is 0.899. The Kier molecular flexibility index (Phi) is 4.76. The zero-order chi connectivity index (χ0) is 13.9. The average molecular weight is 281 g/mol. The van der Waals surface area contributed by atoms with Crippen LogP contribution >= 0.6 is 0 Å². The number of likely N-dealkylation sites (N-methyl/N-ethyl adjacent to an activating group) is 1. The summed E-state index contributed by atoms with van der Waals surface area (Å²) in [7, 11) is 1.13. The molecule has 0 heterocycles. The van der Waals surface area contributed by atoms with E-state index in [0.717, 1.165) is 43.7 Å². The summed E-state index contributed by atoms with van der Waals surface area (Å²) in [5.41, 5.74) is 0.706. The summed E-state index contributed by atoms with van der Waals surface area (Å²) < 4.78 is 11.3. The lowest BCUT2D eigenvalue weighted by atomic mass is 10.0. The van der Waals surface area contributed by atoms with Crippen molar-refractivity contribution in [2.75, 3.05) is 19.8 Å². The lowest BCUT2D eigenvalue weighted by Crippen LogP contribution is -2.38. The molecule has 19 heavy (non-hydrogen) atoms. The third kappa shape index (κ3) is 4.13. The number of nitrogens with zero attached hydrogens (tertiary/aromatic N) is 1. The highest BCUT2D eigenvalue weighted by Crippen LogP contribution is 2.30. The predicted molar refractivity (Wildman–Crippen MR) is 78.5 cm³/mol. The predicted octanol–water partition coefficient (Wildman–Crippen LogP) is 2.16. The van der Waals surface area contributed by atoms with Gasteiger partial charge in [0.1, 0.15) is 0 Å². The molecular formula is C15H23NO2S. The number of aliphatic hydroxyl groups is 1. The van der Waals surface area contributed by atoms with Crippen LogP contribution in [0.1, 0.15) is 31.2 Å². The highest BCUT2D eigenvalue weighted by molar-refractivity contribution is 7.84. The molecule has 2 rings (SSSR count). The van der Waals surface area contributed by atoms with E-state index in [2.05, 4.69) is 4.90 Å². The molecular weight excluding hydrogens is 258 g/mol. The summed E-state index contributed by atoms with van der Waals surface area (Å²) in [5.74, 6) is 0. The van der Waals surface area contributed by atoms with Crippen LogP contribution in [0.2, 0.25) is 0 Å². The zero-order valence-electron chi connectivity index (χ0n) is 11.8. The molecule has 1 aliphatic rings. The Morgan fingerprint density at radius 2 is 1.84 bits per heavy atom. The van der Waals surface area contributed by atoms with Gasteiger partial charge < -0.3 is 5.11 Å². The SMILES string of the molecule is CN(Cc1ccc(S(C)=O)cc1)CC1(O)CCCC1. The molecule has 3 nitrogen and oxygen atoms in total. The first-order chi connectivity index (χ1) is 8.98. The summed E-state index contributed by atoms with van der Waals surface area (Å²) in [4.78, 5) is 3.03. The molecule has 0 amide bonds. The molecule has 1 N–H and O–H groups in total. The second kappa shape index (κ2) is 6.16. The van der Waals surface area contributed by atoms with Crippen LogP contribution in [-0.4, -0.2) is 39.7 Å². The number of hydrogen-bond acceptors (Lipinski definition) is 3. The maximum absolute atomic E-state index is 11.3. The van der Waals surface area contributed by atoms with Crippen molar-refractivity contribution in [2.45, 2.75) is 42.7 Å². The van der Waals surface area contributed by atoms with E-state index >= 15 is 0 Å². The summed E-state index contributed by atoms with van der Waals surface area (Å²) in [6.45, 7) is 1.55. The van der Waals surface area contributed by atoms with E-state index in [1.165, 1.54) is 5.56 Å². The van der Waals surface area contributed by atoms with E-state index in [1.807, 2.05) is 31.3 Å². The Labute approximate surface area is 118 Å². The standard InChI is InChI=1S/C15H23NO2S/c1-16(12-15(17)9-3-4-10-15)11-13-5-7-14(8-6-13)19(2)18/h5-8,17H,3-4,9-12H2,1-2H3. The van der Waals surface area contributed by atoms with Crippen molar-refractivity contribution in [3.8, 4) is 0 Å². The maximum atomic E-state index is 11.3. The number of hydrogen-bond donors (Lipinski definition) is 1. The van der Waals surface area contributed by atoms with Crippen molar-refractivity contribution in [1.29, 1.82) is 0 Å². The molecule has 1 aliphatic carbocycles. The molecule has 0 radical (unpaired) electrons. The van der Waals surface area contributed by atoms with Crippen molar-refractivity contribution in [3.63, 3.8) is 0 Å². The molecule has 1 aromatic rings. The lowest BCUT2D eigenvalue weighted by molar-refractivity contribution is 0.0145. The molecule has 0 bridgehead atoms. The minimum absolute atomic E-state index is 0.487. The van der Waals surface area contributed by atoms with Gasteiger partial charge in [-0.3, -0.25) is 9.11 Å². The van der Waals surface area contributed by atoms with E-state index in [1.54, 1.807) is 6.26 Å². The van der Waals surface area contributed by atoms with E-state index in [-0.39, 0.29) is 0 Å². The fourth-order valence-electron chi connectivity index (χ4n) is 2.85. The molecule has 0 aromatic heterocycles. The minimum Gasteiger partial charge on any atom is -0.389 e. The van der Waals surface area contributed by atoms with Crippen LogP contribution in [0.3, 0.4) is 0 Å². The van der Waals surface area contributed by atoms with Crippen molar-refractivity contribution in [2.24, 2.45) is 0 Å². The van der Waals surface area contributed by atoms with Gasteiger partial charge in [0.05, 0.1) is 5.60 Å². The number of benzene rings is 1. The third-order valence-corrected chi connectivity index (χ3v) is 4.74. The maximum Gasteiger partial charge on any atom is 0.0774 e. The van der Waals surface area contributed by atoms with E-state index in [9.17, 15) is 9.32 Å². The summed E-state index contributed by atoms with van der Waals surface area (Å²) >= 11 is 0. The van der Waals surface area contributed by atoms with Crippen LogP contribution < -0.4 is 0 Å². The molecule has 106 valence electrons. The zero-order valence-corrected chi connectivity index (χ0v) is 12.6. The first-order valence-corrected chi connectivity index (χ1v) is 8.38. The van der Waals surface area contributed by atoms with Crippen molar-refractivity contribution < 1.29 is 9.32 Å². The molecule has 1 fully saturated rings. The first kappa shape index (κ1) is 14.7. The largest absolute Gasteiger partial charge is 0.389 e. The van der Waals surface area contributed by atoms with E-state index in [0.29, 0.717) is 0 Å². The Hall–Kier alpha value is -0.710.